The van der Waals surface area contributed by atoms with Gasteiger partial charge in [-0.2, -0.15) is 13.2 Å². The van der Waals surface area contributed by atoms with Crippen LogP contribution >= 0.6 is 9.03 Å². The van der Waals surface area contributed by atoms with Crippen molar-refractivity contribution in [2.75, 3.05) is 13.2 Å². The molecule has 32 heavy (non-hydrogen) atoms. The topological polar surface area (TPSA) is 50.7 Å². The van der Waals surface area contributed by atoms with E-state index in [2.05, 4.69) is 17.4 Å². The molecule has 2 N–H and O–H groups in total. The molecule has 1 fully saturated rings. The van der Waals surface area contributed by atoms with Gasteiger partial charge >= 0.3 is 6.18 Å². The van der Waals surface area contributed by atoms with Gasteiger partial charge in [0.15, 0.2) is 9.03 Å². The summed E-state index contributed by atoms with van der Waals surface area (Å²) in [5, 5.41) is 3.19. The second-order valence-corrected chi connectivity index (χ2v) is 8.67. The van der Waals surface area contributed by atoms with Gasteiger partial charge in [-0.15, -0.1) is 0 Å². The molecule has 3 unspecified atom stereocenters. The third-order valence-electron chi connectivity index (χ3n) is 5.72. The van der Waals surface area contributed by atoms with Crippen LogP contribution in [0.2, 0.25) is 0 Å². The van der Waals surface area contributed by atoms with Gasteiger partial charge in [-0.05, 0) is 48.9 Å². The van der Waals surface area contributed by atoms with E-state index in [4.69, 9.17) is 14.2 Å². The Hall–Kier alpha value is -1.66. The summed E-state index contributed by atoms with van der Waals surface area (Å²) in [6.45, 7) is 0.890. The van der Waals surface area contributed by atoms with Crippen molar-refractivity contribution in [1.82, 2.24) is 5.32 Å². The van der Waals surface area contributed by atoms with Crippen molar-refractivity contribution < 1.29 is 27.3 Å². The van der Waals surface area contributed by atoms with Crippen LogP contribution in [-0.4, -0.2) is 30.2 Å². The Balaban J connectivity index is 1.48. The fraction of sp³-hybridized carbons (Fsp3) is 0.500. The van der Waals surface area contributed by atoms with E-state index >= 15 is 0 Å². The van der Waals surface area contributed by atoms with Gasteiger partial charge in [0.1, 0.15) is 11.9 Å². The van der Waals surface area contributed by atoms with E-state index in [0.717, 1.165) is 38.2 Å². The van der Waals surface area contributed by atoms with Gasteiger partial charge in [-0.25, -0.2) is 0 Å². The highest BCUT2D eigenvalue weighted by Crippen LogP contribution is 2.35. The fourth-order valence-electron chi connectivity index (χ4n) is 4.08. The Bertz CT molecular complexity index is 820. The molecule has 3 rings (SSSR count). The average molecular weight is 469 g/mol. The molecule has 0 radical (unpaired) electrons. The molecule has 3 atom stereocenters. The van der Waals surface area contributed by atoms with E-state index in [-0.39, 0.29) is 17.9 Å². The lowest BCUT2D eigenvalue weighted by atomic mass is 9.99. The summed E-state index contributed by atoms with van der Waals surface area (Å²) in [6, 6.07) is 14.6. The zero-order valence-corrected chi connectivity index (χ0v) is 19.0. The molecule has 0 aromatic heterocycles. The number of nitrogens with one attached hydrogen (secondary N) is 1. The number of halogens is 3. The molecule has 0 saturated carbocycles. The zero-order chi connectivity index (χ0) is 22.8. The average Bonchev–Trinajstić information content (AvgIpc) is 3.22. The van der Waals surface area contributed by atoms with E-state index in [1.807, 2.05) is 18.2 Å². The van der Waals surface area contributed by atoms with Gasteiger partial charge in [0, 0.05) is 19.0 Å². The molecule has 1 heterocycles. The standard InChI is InChI=1S/C24H31F3NO3P/c25-24(26,27)23-15-21(31-22-14-20(28-16-22)17-30-32-29)13-12-19(23)11-7-2-1-4-8-18-9-5-3-6-10-18/h3,5-6,9-10,12-13,15,20,22,28-29,32H,1-2,4,7-8,11,14,16-17H2. The lowest BCUT2D eigenvalue weighted by Gasteiger charge is -2.18. The summed E-state index contributed by atoms with van der Waals surface area (Å²) in [5.41, 5.74) is 1.02. The molecule has 0 amide bonds. The van der Waals surface area contributed by atoms with E-state index in [9.17, 15) is 13.2 Å². The van der Waals surface area contributed by atoms with Crippen LogP contribution in [-0.2, 0) is 23.5 Å². The molecule has 1 aliphatic heterocycles. The van der Waals surface area contributed by atoms with Crippen molar-refractivity contribution in [3.63, 3.8) is 0 Å². The Kier molecular flexibility index (Phi) is 9.79. The van der Waals surface area contributed by atoms with E-state index < -0.39 is 20.8 Å². The zero-order valence-electron chi connectivity index (χ0n) is 18.0. The predicted molar refractivity (Wildman–Crippen MR) is 121 cm³/mol. The Morgan fingerprint density at radius 3 is 2.47 bits per heavy atom. The van der Waals surface area contributed by atoms with Crippen molar-refractivity contribution >= 4 is 9.03 Å². The summed E-state index contributed by atoms with van der Waals surface area (Å²) in [6.07, 6.45) is 1.10. The molecule has 4 nitrogen and oxygen atoms in total. The maximum absolute atomic E-state index is 13.7. The van der Waals surface area contributed by atoms with Crippen LogP contribution in [0.1, 0.15) is 48.8 Å². The molecule has 2 aromatic carbocycles. The third kappa shape index (κ3) is 8.04. The van der Waals surface area contributed by atoms with Crippen molar-refractivity contribution in [2.24, 2.45) is 0 Å². The van der Waals surface area contributed by atoms with Gasteiger partial charge in [0.2, 0.25) is 0 Å². The van der Waals surface area contributed by atoms with Gasteiger partial charge < -0.3 is 19.5 Å². The van der Waals surface area contributed by atoms with Gasteiger partial charge in [0.05, 0.1) is 12.2 Å². The molecule has 1 saturated heterocycles. The number of hydrogen-bond donors (Lipinski definition) is 2. The second-order valence-electron chi connectivity index (χ2n) is 8.20. The molecular formula is C24H31F3NO3P. The van der Waals surface area contributed by atoms with E-state index in [1.54, 1.807) is 12.1 Å². The highest BCUT2D eigenvalue weighted by atomic mass is 31.1. The van der Waals surface area contributed by atoms with Gasteiger partial charge in [0.25, 0.3) is 0 Å². The SMILES string of the molecule is OPOCC1CC(Oc2ccc(CCCCCCc3ccccc3)c(C(F)(F)F)c2)CN1. The van der Waals surface area contributed by atoms with Gasteiger partial charge in [-0.3, -0.25) is 0 Å². The predicted octanol–water partition coefficient (Wildman–Crippen LogP) is 5.68. The largest absolute Gasteiger partial charge is 0.489 e. The van der Waals surface area contributed by atoms with Crippen molar-refractivity contribution in [2.45, 2.75) is 63.3 Å². The number of hydrogen-bond acceptors (Lipinski definition) is 4. The third-order valence-corrected chi connectivity index (χ3v) is 6.02. The molecule has 8 heteroatoms. The maximum atomic E-state index is 13.7. The molecule has 2 aromatic rings. The number of aryl methyl sites for hydroxylation is 2. The minimum Gasteiger partial charge on any atom is -0.489 e. The molecule has 0 bridgehead atoms. The van der Waals surface area contributed by atoms with E-state index in [0.29, 0.717) is 31.6 Å². The van der Waals surface area contributed by atoms with Crippen LogP contribution in [0, 0.1) is 0 Å². The fourth-order valence-corrected chi connectivity index (χ4v) is 4.36. The van der Waals surface area contributed by atoms with Crippen LogP contribution in [0.5, 0.6) is 5.75 Å². The highest BCUT2D eigenvalue weighted by Gasteiger charge is 2.34. The first-order chi connectivity index (χ1) is 15.5. The van der Waals surface area contributed by atoms with Crippen LogP contribution in [0.3, 0.4) is 0 Å². The lowest BCUT2D eigenvalue weighted by molar-refractivity contribution is -0.138. The summed E-state index contributed by atoms with van der Waals surface area (Å²) >= 11 is 0. The maximum Gasteiger partial charge on any atom is 0.416 e. The number of benzene rings is 2. The quantitative estimate of drug-likeness (QED) is 0.310. The number of alkyl halides is 3. The van der Waals surface area contributed by atoms with Crippen molar-refractivity contribution in [1.29, 1.82) is 0 Å². The molecule has 0 spiro atoms. The van der Waals surface area contributed by atoms with Crippen LogP contribution < -0.4 is 10.1 Å². The monoisotopic (exact) mass is 469 g/mol. The lowest BCUT2D eigenvalue weighted by Crippen LogP contribution is -2.25. The Morgan fingerprint density at radius 1 is 1.00 bits per heavy atom. The van der Waals surface area contributed by atoms with Crippen LogP contribution in [0.4, 0.5) is 13.2 Å². The summed E-state index contributed by atoms with van der Waals surface area (Å²) in [4.78, 5) is 8.75. The molecule has 0 aliphatic carbocycles. The molecular weight excluding hydrogens is 438 g/mol. The molecule has 176 valence electrons. The smallest absolute Gasteiger partial charge is 0.416 e. The number of unbranched alkanes of at least 4 members (excludes halogenated alkanes) is 3. The summed E-state index contributed by atoms with van der Waals surface area (Å²) in [5.74, 6) is 0.237. The van der Waals surface area contributed by atoms with Crippen LogP contribution in [0.15, 0.2) is 48.5 Å². The first kappa shape index (κ1) is 25.0. The van der Waals surface area contributed by atoms with Gasteiger partial charge in [-0.1, -0.05) is 49.2 Å². The first-order valence-corrected chi connectivity index (χ1v) is 12.0. The van der Waals surface area contributed by atoms with Crippen molar-refractivity contribution in [3.05, 3.63) is 65.2 Å². The Labute approximate surface area is 189 Å². The molecule has 1 aliphatic rings. The number of rotatable bonds is 12. The number of ether oxygens (including phenoxy) is 1. The van der Waals surface area contributed by atoms with E-state index in [1.165, 1.54) is 5.56 Å². The summed E-state index contributed by atoms with van der Waals surface area (Å²) in [7, 11) is -0.573. The Morgan fingerprint density at radius 2 is 1.75 bits per heavy atom. The van der Waals surface area contributed by atoms with Crippen LogP contribution in [0.25, 0.3) is 0 Å². The highest BCUT2D eigenvalue weighted by molar-refractivity contribution is 7.24. The van der Waals surface area contributed by atoms with Crippen molar-refractivity contribution in [3.8, 4) is 5.75 Å². The minimum absolute atomic E-state index is 0.0305. The minimum atomic E-state index is -4.41. The second kappa shape index (κ2) is 12.5. The normalized spacial score (nSPS) is 19.1. The summed E-state index contributed by atoms with van der Waals surface area (Å²) < 4.78 is 51.8. The first-order valence-electron chi connectivity index (χ1n) is 11.1.